The summed E-state index contributed by atoms with van der Waals surface area (Å²) in [6, 6.07) is 10.9. The lowest BCUT2D eigenvalue weighted by atomic mass is 10.1. The number of aromatic nitrogens is 2. The first-order chi connectivity index (χ1) is 14.6. The summed E-state index contributed by atoms with van der Waals surface area (Å²) >= 11 is 5.83. The van der Waals surface area contributed by atoms with Gasteiger partial charge in [0.25, 0.3) is 5.91 Å². The van der Waals surface area contributed by atoms with E-state index >= 15 is 0 Å². The number of amides is 1. The number of rotatable bonds is 7. The van der Waals surface area contributed by atoms with E-state index < -0.39 is 11.7 Å². The summed E-state index contributed by atoms with van der Waals surface area (Å²) in [7, 11) is 0. The van der Waals surface area contributed by atoms with Crippen LogP contribution in [0.5, 0.6) is 5.75 Å². The molecule has 0 atom stereocenters. The third-order valence-corrected chi connectivity index (χ3v) is 4.62. The lowest BCUT2D eigenvalue weighted by Crippen LogP contribution is -2.39. The van der Waals surface area contributed by atoms with E-state index in [0.29, 0.717) is 16.3 Å². The van der Waals surface area contributed by atoms with Gasteiger partial charge < -0.3 is 14.2 Å². The fourth-order valence-corrected chi connectivity index (χ4v) is 2.83. The molecule has 6 nitrogen and oxygen atoms in total. The molecule has 1 heterocycles. The number of hydrogen-bond donors (Lipinski definition) is 0. The van der Waals surface area contributed by atoms with Crippen molar-refractivity contribution in [2.45, 2.75) is 32.6 Å². The summed E-state index contributed by atoms with van der Waals surface area (Å²) in [6.45, 7) is 3.49. The second kappa shape index (κ2) is 9.38. The molecule has 0 aliphatic carbocycles. The van der Waals surface area contributed by atoms with Crippen molar-refractivity contribution in [3.8, 4) is 17.1 Å². The van der Waals surface area contributed by atoms with Crippen LogP contribution in [0.25, 0.3) is 11.4 Å². The predicted molar refractivity (Wildman–Crippen MR) is 107 cm³/mol. The van der Waals surface area contributed by atoms with Crippen LogP contribution < -0.4 is 4.74 Å². The van der Waals surface area contributed by atoms with Gasteiger partial charge in [-0.2, -0.15) is 18.2 Å². The van der Waals surface area contributed by atoms with Crippen LogP contribution in [0.4, 0.5) is 13.2 Å². The van der Waals surface area contributed by atoms with Crippen molar-refractivity contribution in [1.29, 1.82) is 0 Å². The van der Waals surface area contributed by atoms with Crippen LogP contribution in [0.2, 0.25) is 5.02 Å². The van der Waals surface area contributed by atoms with Gasteiger partial charge in [0.15, 0.2) is 6.61 Å². The highest BCUT2D eigenvalue weighted by Gasteiger charge is 2.30. The standard InChI is InChI=1S/C21H19ClF3N3O3/c1-13(2)28(19(29)12-30-17-9-7-16(22)8-10-17)11-18-26-20(27-31-18)14-3-5-15(6-4-14)21(23,24)25/h3-10,13H,11-12H2,1-2H3. The Kier molecular flexibility index (Phi) is 6.84. The second-order valence-corrected chi connectivity index (χ2v) is 7.38. The molecule has 0 spiro atoms. The monoisotopic (exact) mass is 453 g/mol. The highest BCUT2D eigenvalue weighted by atomic mass is 35.5. The molecule has 0 N–H and O–H groups in total. The summed E-state index contributed by atoms with van der Waals surface area (Å²) < 4.78 is 48.8. The van der Waals surface area contributed by atoms with Crippen LogP contribution in [-0.2, 0) is 17.5 Å². The zero-order chi connectivity index (χ0) is 22.6. The summed E-state index contributed by atoms with van der Waals surface area (Å²) in [4.78, 5) is 18.3. The number of ether oxygens (including phenoxy) is 1. The Morgan fingerprint density at radius 3 is 2.35 bits per heavy atom. The van der Waals surface area contributed by atoms with Crippen LogP contribution in [0.3, 0.4) is 0 Å². The molecule has 1 amide bonds. The minimum Gasteiger partial charge on any atom is -0.484 e. The van der Waals surface area contributed by atoms with Crippen LogP contribution in [0, 0.1) is 0 Å². The molecule has 10 heteroatoms. The Morgan fingerprint density at radius 1 is 1.13 bits per heavy atom. The SMILES string of the molecule is CC(C)N(Cc1nc(-c2ccc(C(F)(F)F)cc2)no1)C(=O)COc1ccc(Cl)cc1. The Morgan fingerprint density at radius 2 is 1.77 bits per heavy atom. The van der Waals surface area contributed by atoms with Crippen LogP contribution >= 0.6 is 11.6 Å². The molecule has 0 saturated carbocycles. The third-order valence-electron chi connectivity index (χ3n) is 4.36. The summed E-state index contributed by atoms with van der Waals surface area (Å²) in [5, 5.41) is 4.36. The average molecular weight is 454 g/mol. The van der Waals surface area contributed by atoms with Crippen molar-refractivity contribution in [2.24, 2.45) is 0 Å². The van der Waals surface area contributed by atoms with Crippen molar-refractivity contribution in [2.75, 3.05) is 6.61 Å². The molecule has 31 heavy (non-hydrogen) atoms. The molecule has 0 aliphatic heterocycles. The maximum absolute atomic E-state index is 12.7. The fraction of sp³-hybridized carbons (Fsp3) is 0.286. The molecule has 0 unspecified atom stereocenters. The molecule has 0 fully saturated rings. The van der Waals surface area contributed by atoms with Crippen molar-refractivity contribution in [3.05, 3.63) is 65.0 Å². The third kappa shape index (κ3) is 5.97. The van der Waals surface area contributed by atoms with E-state index in [2.05, 4.69) is 10.1 Å². The summed E-state index contributed by atoms with van der Waals surface area (Å²) in [5.74, 6) is 0.504. The van der Waals surface area contributed by atoms with E-state index in [4.69, 9.17) is 20.9 Å². The quantitative estimate of drug-likeness (QED) is 0.490. The van der Waals surface area contributed by atoms with Gasteiger partial charge in [0, 0.05) is 16.6 Å². The highest BCUT2D eigenvalue weighted by molar-refractivity contribution is 6.30. The molecule has 0 aliphatic rings. The largest absolute Gasteiger partial charge is 0.484 e. The molecule has 3 rings (SSSR count). The van der Waals surface area contributed by atoms with Gasteiger partial charge in [0.2, 0.25) is 11.7 Å². The second-order valence-electron chi connectivity index (χ2n) is 6.94. The molecule has 0 radical (unpaired) electrons. The molecule has 3 aromatic rings. The van der Waals surface area contributed by atoms with Gasteiger partial charge in [-0.15, -0.1) is 0 Å². The first-order valence-electron chi connectivity index (χ1n) is 9.31. The lowest BCUT2D eigenvalue weighted by molar-refractivity contribution is -0.137. The van der Waals surface area contributed by atoms with E-state index in [1.165, 1.54) is 17.0 Å². The fourth-order valence-electron chi connectivity index (χ4n) is 2.71. The molecule has 164 valence electrons. The molecule has 2 aromatic carbocycles. The maximum atomic E-state index is 12.7. The van der Waals surface area contributed by atoms with Gasteiger partial charge in [-0.25, -0.2) is 0 Å². The first kappa shape index (κ1) is 22.6. The number of alkyl halides is 3. The van der Waals surface area contributed by atoms with Crippen LogP contribution in [0.1, 0.15) is 25.3 Å². The van der Waals surface area contributed by atoms with Crippen molar-refractivity contribution < 1.29 is 27.2 Å². The zero-order valence-electron chi connectivity index (χ0n) is 16.7. The minimum absolute atomic E-state index is 0.0358. The Balaban J connectivity index is 1.65. The number of nitrogens with zero attached hydrogens (tertiary/aromatic N) is 3. The number of carbonyl (C=O) groups excluding carboxylic acids is 1. The van der Waals surface area contributed by atoms with Gasteiger partial charge in [0.05, 0.1) is 5.56 Å². The predicted octanol–water partition coefficient (Wildman–Crippen LogP) is 5.22. The van der Waals surface area contributed by atoms with E-state index in [1.54, 1.807) is 24.3 Å². The van der Waals surface area contributed by atoms with Gasteiger partial charge in [-0.1, -0.05) is 28.9 Å². The molecule has 0 bridgehead atoms. The average Bonchev–Trinajstić information content (AvgIpc) is 3.19. The van der Waals surface area contributed by atoms with Gasteiger partial charge in [0.1, 0.15) is 12.3 Å². The highest BCUT2D eigenvalue weighted by Crippen LogP contribution is 2.30. The number of hydrogen-bond acceptors (Lipinski definition) is 5. The van der Waals surface area contributed by atoms with Crippen LogP contribution in [0.15, 0.2) is 53.1 Å². The van der Waals surface area contributed by atoms with E-state index in [9.17, 15) is 18.0 Å². The molecular weight excluding hydrogens is 435 g/mol. The normalized spacial score (nSPS) is 11.6. The van der Waals surface area contributed by atoms with Crippen molar-refractivity contribution in [1.82, 2.24) is 15.0 Å². The number of halogens is 4. The Hall–Kier alpha value is -3.07. The summed E-state index contributed by atoms with van der Waals surface area (Å²) in [6.07, 6.45) is -4.42. The smallest absolute Gasteiger partial charge is 0.416 e. The molecular formula is C21H19ClF3N3O3. The van der Waals surface area contributed by atoms with E-state index in [-0.39, 0.29) is 36.8 Å². The topological polar surface area (TPSA) is 68.5 Å². The maximum Gasteiger partial charge on any atom is 0.416 e. The van der Waals surface area contributed by atoms with E-state index in [0.717, 1.165) is 12.1 Å². The molecule has 0 saturated heterocycles. The first-order valence-corrected chi connectivity index (χ1v) is 9.69. The number of carbonyl (C=O) groups is 1. The minimum atomic E-state index is -4.42. The summed E-state index contributed by atoms with van der Waals surface area (Å²) in [5.41, 5.74) is -0.395. The van der Waals surface area contributed by atoms with Crippen LogP contribution in [-0.4, -0.2) is 33.6 Å². The Bertz CT molecular complexity index is 1020. The van der Waals surface area contributed by atoms with Crippen molar-refractivity contribution >= 4 is 17.5 Å². The zero-order valence-corrected chi connectivity index (χ0v) is 17.4. The Labute approximate surface area is 181 Å². The molecule has 1 aromatic heterocycles. The van der Waals surface area contributed by atoms with Crippen molar-refractivity contribution in [3.63, 3.8) is 0 Å². The van der Waals surface area contributed by atoms with Gasteiger partial charge >= 0.3 is 6.18 Å². The number of benzene rings is 2. The van der Waals surface area contributed by atoms with E-state index in [1.807, 2.05) is 13.8 Å². The lowest BCUT2D eigenvalue weighted by Gasteiger charge is -2.25. The van der Waals surface area contributed by atoms with Gasteiger partial charge in [-0.05, 0) is 50.2 Å². The van der Waals surface area contributed by atoms with Gasteiger partial charge in [-0.3, -0.25) is 4.79 Å².